The fourth-order valence-corrected chi connectivity index (χ4v) is 7.10. The number of hydrogen-bond acceptors (Lipinski definition) is 1. The summed E-state index contributed by atoms with van der Waals surface area (Å²) in [5.41, 5.74) is 9.48. The van der Waals surface area contributed by atoms with Gasteiger partial charge in [0.2, 0.25) is 0 Å². The number of benzene rings is 7. The van der Waals surface area contributed by atoms with Crippen molar-refractivity contribution in [3.63, 3.8) is 0 Å². The Morgan fingerprint density at radius 3 is 1.98 bits per heavy atom. The fourth-order valence-electron chi connectivity index (χ4n) is 7.10. The number of rotatable bonds is 3. The molecule has 0 spiro atoms. The first-order chi connectivity index (χ1) is 21.7. The molecule has 2 heteroatoms. The lowest BCUT2D eigenvalue weighted by Crippen LogP contribution is -1.95. The minimum absolute atomic E-state index is 1.04. The third-order valence-electron chi connectivity index (χ3n) is 9.16. The molecule has 9 aromatic rings. The normalized spacial score (nSPS) is 11.8. The van der Waals surface area contributed by atoms with Gasteiger partial charge in [-0.15, -0.1) is 0 Å². The number of para-hydroxylation sites is 1. The third kappa shape index (κ3) is 3.71. The van der Waals surface area contributed by atoms with Crippen LogP contribution in [-0.2, 0) is 0 Å². The topological polar surface area (TPSA) is 17.8 Å². The molecule has 0 aliphatic carbocycles. The maximum Gasteiger partial charge on any atom is 0.0619 e. The predicted octanol–water partition coefficient (Wildman–Crippen LogP) is 11.3. The van der Waals surface area contributed by atoms with Gasteiger partial charge in [0.05, 0.1) is 11.0 Å². The molecule has 44 heavy (non-hydrogen) atoms. The largest absolute Gasteiger partial charge is 0.309 e. The van der Waals surface area contributed by atoms with Crippen LogP contribution in [0.5, 0.6) is 0 Å². The summed E-state index contributed by atoms with van der Waals surface area (Å²) in [6, 6.07) is 53.2. The first-order valence-electron chi connectivity index (χ1n) is 15.1. The predicted molar refractivity (Wildman–Crippen MR) is 187 cm³/mol. The second-order valence-corrected chi connectivity index (χ2v) is 11.6. The zero-order valence-corrected chi connectivity index (χ0v) is 24.3. The Hall–Kier alpha value is -5.73. The van der Waals surface area contributed by atoms with E-state index in [9.17, 15) is 0 Å². The molecule has 0 unspecified atom stereocenters. The molecule has 9 rings (SSSR count). The fraction of sp³-hybridized carbons (Fsp3) is 0.0238. The molecule has 2 heterocycles. The van der Waals surface area contributed by atoms with E-state index in [2.05, 4.69) is 156 Å². The average molecular weight is 561 g/mol. The molecule has 0 saturated carbocycles. The van der Waals surface area contributed by atoms with Crippen LogP contribution in [0.2, 0.25) is 0 Å². The average Bonchev–Trinajstić information content (AvgIpc) is 3.42. The summed E-state index contributed by atoms with van der Waals surface area (Å²) >= 11 is 0. The van der Waals surface area contributed by atoms with E-state index < -0.39 is 0 Å². The van der Waals surface area contributed by atoms with E-state index in [0.29, 0.717) is 0 Å². The van der Waals surface area contributed by atoms with E-state index in [4.69, 9.17) is 0 Å². The van der Waals surface area contributed by atoms with Gasteiger partial charge >= 0.3 is 0 Å². The summed E-state index contributed by atoms with van der Waals surface area (Å²) in [6.07, 6.45) is 1.86. The highest BCUT2D eigenvalue weighted by molar-refractivity contribution is 6.20. The maximum atomic E-state index is 4.53. The standard InChI is InChI=1S/C42H28N2/c1-27-33(16-9-23-43-27)29-17-20-35-30(24-29)19-22-39-38-21-18-31(26-41(38)44(42(35)39)32-11-3-2-4-12-32)40-25-28-10-5-6-13-34(28)36-14-7-8-15-37(36)40/h2-26H,1H3. The van der Waals surface area contributed by atoms with Crippen molar-refractivity contribution in [2.75, 3.05) is 0 Å². The number of aromatic nitrogens is 2. The Bertz CT molecular complexity index is 2560. The van der Waals surface area contributed by atoms with Crippen LogP contribution in [0.1, 0.15) is 5.69 Å². The summed E-state index contributed by atoms with van der Waals surface area (Å²) in [5, 5.41) is 10.1. The van der Waals surface area contributed by atoms with Gasteiger partial charge in [-0.2, -0.15) is 0 Å². The zero-order chi connectivity index (χ0) is 29.2. The van der Waals surface area contributed by atoms with Crippen LogP contribution < -0.4 is 0 Å². The van der Waals surface area contributed by atoms with E-state index >= 15 is 0 Å². The van der Waals surface area contributed by atoms with Gasteiger partial charge in [0.25, 0.3) is 0 Å². The second kappa shape index (κ2) is 9.65. The van der Waals surface area contributed by atoms with Crippen molar-refractivity contribution in [1.82, 2.24) is 9.55 Å². The lowest BCUT2D eigenvalue weighted by Gasteiger charge is -2.13. The van der Waals surface area contributed by atoms with Crippen molar-refractivity contribution in [2.24, 2.45) is 0 Å². The van der Waals surface area contributed by atoms with Crippen molar-refractivity contribution in [3.05, 3.63) is 157 Å². The summed E-state index contributed by atoms with van der Waals surface area (Å²) in [4.78, 5) is 4.53. The molecule has 2 nitrogen and oxygen atoms in total. The summed E-state index contributed by atoms with van der Waals surface area (Å²) < 4.78 is 2.45. The molecule has 0 saturated heterocycles. The molecular weight excluding hydrogens is 532 g/mol. The molecule has 7 aromatic carbocycles. The molecule has 206 valence electrons. The van der Waals surface area contributed by atoms with Gasteiger partial charge in [0, 0.05) is 39.3 Å². The number of fused-ring (bicyclic) bond motifs is 8. The Morgan fingerprint density at radius 2 is 1.14 bits per heavy atom. The van der Waals surface area contributed by atoms with Crippen LogP contribution in [0.15, 0.2) is 152 Å². The molecule has 0 fully saturated rings. The van der Waals surface area contributed by atoms with Crippen LogP contribution >= 0.6 is 0 Å². The van der Waals surface area contributed by atoms with Gasteiger partial charge in [-0.1, -0.05) is 109 Å². The minimum Gasteiger partial charge on any atom is -0.309 e. The molecule has 0 radical (unpaired) electrons. The first kappa shape index (κ1) is 24.8. The molecule has 0 atom stereocenters. The number of hydrogen-bond donors (Lipinski definition) is 0. The third-order valence-corrected chi connectivity index (χ3v) is 9.16. The van der Waals surface area contributed by atoms with Gasteiger partial charge in [0.15, 0.2) is 0 Å². The second-order valence-electron chi connectivity index (χ2n) is 11.6. The molecule has 0 N–H and O–H groups in total. The number of aryl methyl sites for hydroxylation is 1. The van der Waals surface area contributed by atoms with Crippen molar-refractivity contribution < 1.29 is 0 Å². The van der Waals surface area contributed by atoms with E-state index in [1.807, 2.05) is 12.3 Å². The van der Waals surface area contributed by atoms with Gasteiger partial charge in [-0.05, 0) is 86.9 Å². The van der Waals surface area contributed by atoms with Crippen LogP contribution in [0.25, 0.3) is 82.1 Å². The summed E-state index contributed by atoms with van der Waals surface area (Å²) in [5.74, 6) is 0. The summed E-state index contributed by atoms with van der Waals surface area (Å²) in [7, 11) is 0. The maximum absolute atomic E-state index is 4.53. The lowest BCUT2D eigenvalue weighted by molar-refractivity contribution is 1.19. The molecule has 0 bridgehead atoms. The SMILES string of the molecule is Cc1ncccc1-c1ccc2c(ccc3c4ccc(-c5cc6ccccc6c6ccccc56)cc4n(-c4ccccc4)c23)c1. The molecule has 0 aliphatic rings. The smallest absolute Gasteiger partial charge is 0.0619 e. The van der Waals surface area contributed by atoms with Crippen LogP contribution in [0, 0.1) is 6.92 Å². The lowest BCUT2D eigenvalue weighted by atomic mass is 9.93. The highest BCUT2D eigenvalue weighted by Gasteiger charge is 2.17. The Balaban J connectivity index is 1.35. The highest BCUT2D eigenvalue weighted by Crippen LogP contribution is 2.41. The van der Waals surface area contributed by atoms with E-state index in [-0.39, 0.29) is 0 Å². The molecule has 0 aliphatic heterocycles. The van der Waals surface area contributed by atoms with Crippen molar-refractivity contribution in [1.29, 1.82) is 0 Å². The monoisotopic (exact) mass is 560 g/mol. The van der Waals surface area contributed by atoms with Gasteiger partial charge in [-0.25, -0.2) is 0 Å². The van der Waals surface area contributed by atoms with Crippen LogP contribution in [0.4, 0.5) is 0 Å². The van der Waals surface area contributed by atoms with Crippen LogP contribution in [-0.4, -0.2) is 9.55 Å². The Kier molecular flexibility index (Phi) is 5.45. The van der Waals surface area contributed by atoms with Crippen molar-refractivity contribution in [2.45, 2.75) is 6.92 Å². The quantitative estimate of drug-likeness (QED) is 0.197. The van der Waals surface area contributed by atoms with Gasteiger partial charge in [0.1, 0.15) is 0 Å². The van der Waals surface area contributed by atoms with Crippen molar-refractivity contribution >= 4 is 54.1 Å². The Morgan fingerprint density at radius 1 is 0.455 bits per heavy atom. The van der Waals surface area contributed by atoms with Gasteiger partial charge in [-0.3, -0.25) is 4.98 Å². The van der Waals surface area contributed by atoms with Crippen LogP contribution in [0.3, 0.4) is 0 Å². The first-order valence-corrected chi connectivity index (χ1v) is 15.1. The highest BCUT2D eigenvalue weighted by atomic mass is 15.0. The molecule has 0 amide bonds. The van der Waals surface area contributed by atoms with E-state index in [1.165, 1.54) is 76.4 Å². The van der Waals surface area contributed by atoms with Gasteiger partial charge < -0.3 is 4.57 Å². The Labute approximate surface area is 255 Å². The molecule has 2 aromatic heterocycles. The van der Waals surface area contributed by atoms with E-state index in [0.717, 1.165) is 11.4 Å². The molecular formula is C42H28N2. The minimum atomic E-state index is 1.04. The van der Waals surface area contributed by atoms with Crippen molar-refractivity contribution in [3.8, 4) is 27.9 Å². The number of nitrogens with zero attached hydrogens (tertiary/aromatic N) is 2. The number of pyridine rings is 1. The van der Waals surface area contributed by atoms with E-state index in [1.54, 1.807) is 0 Å². The zero-order valence-electron chi connectivity index (χ0n) is 24.3. The summed E-state index contributed by atoms with van der Waals surface area (Å²) in [6.45, 7) is 2.08.